The summed E-state index contributed by atoms with van der Waals surface area (Å²) < 4.78 is 46.4. The number of aromatic nitrogens is 4. The lowest BCUT2D eigenvalue weighted by Crippen LogP contribution is -2.46. The lowest BCUT2D eigenvalue weighted by Gasteiger charge is -2.25. The first-order valence-electron chi connectivity index (χ1n) is 9.06. The second-order valence-corrected chi connectivity index (χ2v) is 12.3. The normalized spacial score (nSPS) is 16.3. The maximum atomic E-state index is 13.4. The molecule has 0 saturated heterocycles. The number of pyridine rings is 1. The van der Waals surface area contributed by atoms with E-state index in [4.69, 9.17) is 9.72 Å². The average molecular weight is 420 g/mol. The fourth-order valence-corrected chi connectivity index (χ4v) is 5.54. The second kappa shape index (κ2) is 6.96. The quantitative estimate of drug-likeness (QED) is 0.609. The number of phenolic OH excluding ortho intramolecular Hbond substituents is 1. The van der Waals surface area contributed by atoms with Gasteiger partial charge in [0.2, 0.25) is 5.82 Å². The Morgan fingerprint density at radius 3 is 2.48 bits per heavy atom. The molecule has 1 aliphatic heterocycles. The van der Waals surface area contributed by atoms with Gasteiger partial charge in [0.1, 0.15) is 20.6 Å². The monoisotopic (exact) mass is 420 g/mol. The van der Waals surface area contributed by atoms with Gasteiger partial charge in [-0.2, -0.15) is 13.2 Å². The number of rotatable bonds is 1. The molecule has 0 saturated carbocycles. The first kappa shape index (κ1) is 19.6. The molecule has 3 aromatic rings. The van der Waals surface area contributed by atoms with Gasteiger partial charge in [0.15, 0.2) is 5.82 Å². The first-order chi connectivity index (χ1) is 13.6. The highest BCUT2D eigenvalue weighted by Gasteiger charge is 2.40. The lowest BCUT2D eigenvalue weighted by molar-refractivity contribution is -0.150. The lowest BCUT2D eigenvalue weighted by atomic mass is 10.1. The van der Waals surface area contributed by atoms with Crippen LogP contribution >= 0.6 is 0 Å². The van der Waals surface area contributed by atoms with E-state index in [1.807, 2.05) is 0 Å². The molecule has 0 amide bonds. The van der Waals surface area contributed by atoms with Crippen LogP contribution in [0.5, 0.6) is 5.75 Å². The maximum absolute atomic E-state index is 13.4. The molecule has 2 bridgehead atoms. The smallest absolute Gasteiger partial charge is 0.451 e. The SMILES string of the molecule is C[Si]1(C)CCOCn2nc(nc2C(F)(F)F)-c2ccc(-c3ccc(O)cc3)nc21. The number of ether oxygens (including phenoxy) is 1. The summed E-state index contributed by atoms with van der Waals surface area (Å²) in [7, 11) is -2.17. The Hall–Kier alpha value is -2.72. The highest BCUT2D eigenvalue weighted by molar-refractivity contribution is 6.90. The van der Waals surface area contributed by atoms with Gasteiger partial charge in [0.05, 0.1) is 5.69 Å². The van der Waals surface area contributed by atoms with Crippen LogP contribution in [0.1, 0.15) is 5.82 Å². The average Bonchev–Trinajstić information content (AvgIpc) is 3.09. The van der Waals surface area contributed by atoms with Crippen molar-refractivity contribution in [2.45, 2.75) is 32.0 Å². The molecule has 1 N–H and O–H groups in total. The Morgan fingerprint density at radius 2 is 1.79 bits per heavy atom. The molecule has 0 fully saturated rings. The minimum atomic E-state index is -4.63. The summed E-state index contributed by atoms with van der Waals surface area (Å²) >= 11 is 0. The van der Waals surface area contributed by atoms with Crippen molar-refractivity contribution in [3.63, 3.8) is 0 Å². The fraction of sp³-hybridized carbons (Fsp3) is 0.316. The molecule has 1 aromatic carbocycles. The number of hydrogen-bond donors (Lipinski definition) is 1. The first-order valence-corrected chi connectivity index (χ1v) is 12.3. The van der Waals surface area contributed by atoms with E-state index in [2.05, 4.69) is 23.2 Å². The van der Waals surface area contributed by atoms with Gasteiger partial charge >= 0.3 is 6.18 Å². The molecule has 6 nitrogen and oxygen atoms in total. The molecule has 0 radical (unpaired) electrons. The zero-order chi connectivity index (χ0) is 20.8. The summed E-state index contributed by atoms with van der Waals surface area (Å²) in [5, 5.41) is 14.3. The van der Waals surface area contributed by atoms with Crippen molar-refractivity contribution in [3.8, 4) is 28.4 Å². The molecule has 29 heavy (non-hydrogen) atoms. The van der Waals surface area contributed by atoms with E-state index < -0.39 is 20.1 Å². The van der Waals surface area contributed by atoms with Crippen LogP contribution in [0.25, 0.3) is 22.6 Å². The van der Waals surface area contributed by atoms with E-state index in [-0.39, 0.29) is 18.3 Å². The van der Waals surface area contributed by atoms with Gasteiger partial charge in [0.25, 0.3) is 0 Å². The topological polar surface area (TPSA) is 73.1 Å². The Bertz CT molecular complexity index is 1050. The third kappa shape index (κ3) is 3.77. The van der Waals surface area contributed by atoms with Gasteiger partial charge in [-0.05, 0) is 42.4 Å². The van der Waals surface area contributed by atoms with Crippen LogP contribution in [-0.4, -0.2) is 39.5 Å². The van der Waals surface area contributed by atoms with E-state index in [1.165, 1.54) is 0 Å². The van der Waals surface area contributed by atoms with E-state index in [9.17, 15) is 18.3 Å². The van der Waals surface area contributed by atoms with Gasteiger partial charge in [-0.15, -0.1) is 5.10 Å². The number of halogens is 3. The van der Waals surface area contributed by atoms with Crippen LogP contribution in [0.4, 0.5) is 13.2 Å². The molecule has 0 spiro atoms. The molecular weight excluding hydrogens is 401 g/mol. The largest absolute Gasteiger partial charge is 0.508 e. The standard InChI is InChI=1S/C19H19F3N4O2Si/c1-29(2)10-9-28-11-26-18(19(20,21)22)24-16(25-26)14-7-8-15(23-17(14)29)12-3-5-13(27)6-4-12/h3-8,27H,9-11H2,1-2H3. The zero-order valence-electron chi connectivity index (χ0n) is 15.9. The van der Waals surface area contributed by atoms with Crippen LogP contribution in [0.3, 0.4) is 0 Å². The second-order valence-electron chi connectivity index (χ2n) is 7.57. The van der Waals surface area contributed by atoms with E-state index in [0.29, 0.717) is 23.9 Å². The van der Waals surface area contributed by atoms with Crippen molar-refractivity contribution in [1.82, 2.24) is 19.7 Å². The van der Waals surface area contributed by atoms with Gasteiger partial charge in [-0.25, -0.2) is 9.67 Å². The maximum Gasteiger partial charge on any atom is 0.451 e. The van der Waals surface area contributed by atoms with Gasteiger partial charge in [0, 0.05) is 23.1 Å². The predicted octanol–water partition coefficient (Wildman–Crippen LogP) is 3.63. The van der Waals surface area contributed by atoms with Crippen LogP contribution in [0, 0.1) is 0 Å². The Balaban J connectivity index is 1.90. The molecule has 0 unspecified atom stereocenters. The van der Waals surface area contributed by atoms with Crippen molar-refractivity contribution >= 4 is 13.4 Å². The Kier molecular flexibility index (Phi) is 4.70. The number of alkyl halides is 3. The fourth-order valence-electron chi connectivity index (χ4n) is 3.30. The number of benzene rings is 1. The Morgan fingerprint density at radius 1 is 1.07 bits per heavy atom. The zero-order valence-corrected chi connectivity index (χ0v) is 16.9. The highest BCUT2D eigenvalue weighted by Crippen LogP contribution is 2.31. The van der Waals surface area contributed by atoms with Gasteiger partial charge < -0.3 is 9.84 Å². The molecule has 0 atom stereocenters. The minimum Gasteiger partial charge on any atom is -0.508 e. The number of fused-ring (bicyclic) bond motifs is 4. The summed E-state index contributed by atoms with van der Waals surface area (Å²) in [6.07, 6.45) is -4.63. The van der Waals surface area contributed by atoms with E-state index in [0.717, 1.165) is 15.6 Å². The predicted molar refractivity (Wildman–Crippen MR) is 103 cm³/mol. The summed E-state index contributed by atoms with van der Waals surface area (Å²) in [6.45, 7) is 4.23. The molecule has 4 rings (SSSR count). The van der Waals surface area contributed by atoms with E-state index in [1.54, 1.807) is 36.4 Å². The number of nitrogens with zero attached hydrogens (tertiary/aromatic N) is 4. The Labute approximate surface area is 166 Å². The number of aromatic hydroxyl groups is 1. The van der Waals surface area contributed by atoms with Crippen LogP contribution < -0.4 is 5.32 Å². The van der Waals surface area contributed by atoms with Crippen molar-refractivity contribution < 1.29 is 23.0 Å². The molecular formula is C19H19F3N4O2Si. The van der Waals surface area contributed by atoms with Crippen molar-refractivity contribution in [2.75, 3.05) is 6.61 Å². The van der Waals surface area contributed by atoms with Crippen molar-refractivity contribution in [2.24, 2.45) is 0 Å². The molecule has 0 aliphatic carbocycles. The molecule has 10 heteroatoms. The summed E-state index contributed by atoms with van der Waals surface area (Å²) in [4.78, 5) is 8.60. The number of phenols is 1. The summed E-state index contributed by atoms with van der Waals surface area (Å²) in [6, 6.07) is 10.8. The molecule has 1 aliphatic rings. The van der Waals surface area contributed by atoms with Crippen molar-refractivity contribution in [3.05, 3.63) is 42.2 Å². The summed E-state index contributed by atoms with van der Waals surface area (Å²) in [5.74, 6) is -0.931. The summed E-state index contributed by atoms with van der Waals surface area (Å²) in [5.41, 5.74) is 2.01. The van der Waals surface area contributed by atoms with Gasteiger partial charge in [-0.3, -0.25) is 4.98 Å². The third-order valence-electron chi connectivity index (χ3n) is 4.95. The third-order valence-corrected chi connectivity index (χ3v) is 8.07. The highest BCUT2D eigenvalue weighted by atomic mass is 28.3. The van der Waals surface area contributed by atoms with Crippen LogP contribution in [0.15, 0.2) is 36.4 Å². The van der Waals surface area contributed by atoms with Crippen LogP contribution in [-0.2, 0) is 17.6 Å². The molecule has 152 valence electrons. The van der Waals surface area contributed by atoms with Crippen molar-refractivity contribution in [1.29, 1.82) is 0 Å². The van der Waals surface area contributed by atoms with Gasteiger partial charge in [-0.1, -0.05) is 13.1 Å². The molecule has 3 heterocycles. The minimum absolute atomic E-state index is 0.00292. The number of hydrogen-bond acceptors (Lipinski definition) is 5. The molecule has 2 aromatic heterocycles. The van der Waals surface area contributed by atoms with E-state index >= 15 is 0 Å². The van der Waals surface area contributed by atoms with Crippen LogP contribution in [0.2, 0.25) is 19.1 Å².